The molecule has 0 aliphatic carbocycles. The van der Waals surface area contributed by atoms with Gasteiger partial charge in [-0.2, -0.15) is 4.39 Å². The first-order chi connectivity index (χ1) is 14.6. The molecule has 11 heteroatoms. The number of rotatable bonds is 6. The normalized spacial score (nSPS) is 11.1. The van der Waals surface area contributed by atoms with Crippen molar-refractivity contribution in [3.63, 3.8) is 0 Å². The largest absolute Gasteiger partial charge is 0.573 e. The Kier molecular flexibility index (Phi) is 6.23. The fourth-order valence-corrected chi connectivity index (χ4v) is 2.48. The van der Waals surface area contributed by atoms with E-state index in [-0.39, 0.29) is 29.4 Å². The number of hydrogen-bond donors (Lipinski definition) is 2. The lowest BCUT2D eigenvalue weighted by molar-refractivity contribution is -0.275. The van der Waals surface area contributed by atoms with Crippen molar-refractivity contribution in [2.45, 2.75) is 12.9 Å². The summed E-state index contributed by atoms with van der Waals surface area (Å²) in [7, 11) is 0. The molecule has 0 bridgehead atoms. The van der Waals surface area contributed by atoms with E-state index in [2.05, 4.69) is 15.0 Å². The van der Waals surface area contributed by atoms with Crippen molar-refractivity contribution in [2.75, 3.05) is 5.73 Å². The molecule has 0 atom stereocenters. The molecule has 0 saturated heterocycles. The maximum absolute atomic E-state index is 13.5. The van der Waals surface area contributed by atoms with Gasteiger partial charge in [-0.25, -0.2) is 9.37 Å². The molecule has 0 fully saturated rings. The molecular weight excluding hydrogens is 425 g/mol. The molecule has 0 spiro atoms. The number of amides is 1. The van der Waals surface area contributed by atoms with Crippen LogP contribution >= 0.6 is 0 Å². The van der Waals surface area contributed by atoms with Crippen molar-refractivity contribution in [1.29, 1.82) is 0 Å². The quantitative estimate of drug-likeness (QED) is 0.434. The zero-order valence-electron chi connectivity index (χ0n) is 15.5. The first-order valence-electron chi connectivity index (χ1n) is 8.63. The number of nitrogens with zero attached hydrogens (tertiary/aromatic N) is 1. The third-order valence-electron chi connectivity index (χ3n) is 3.88. The molecule has 0 unspecified atom stereocenters. The summed E-state index contributed by atoms with van der Waals surface area (Å²) in [5.74, 6) is -3.61. The van der Waals surface area contributed by atoms with Crippen molar-refractivity contribution >= 4 is 11.7 Å². The van der Waals surface area contributed by atoms with Crippen molar-refractivity contribution in [2.24, 2.45) is 0 Å². The molecule has 0 radical (unpaired) electrons. The molecular formula is C20H14F5N3O3. The van der Waals surface area contributed by atoms with Crippen LogP contribution in [0, 0.1) is 11.8 Å². The zero-order chi connectivity index (χ0) is 22.6. The van der Waals surface area contributed by atoms with Crippen molar-refractivity contribution in [3.05, 3.63) is 77.5 Å². The number of nitrogens with one attached hydrogen (secondary N) is 1. The van der Waals surface area contributed by atoms with E-state index in [1.165, 1.54) is 18.2 Å². The fraction of sp³-hybridized carbons (Fsp3) is 0.100. The standard InChI is InChI=1S/C20H14F5N3O3/c21-15-7-5-13(9-16(15)31-20(23,24)25)30-12-3-1-11(2-4-12)10-27-19(29)14-6-8-17(22)28-18(14)26/h1-9H,10H2,(H2,26,28)(H,27,29). The van der Waals surface area contributed by atoms with E-state index in [4.69, 9.17) is 10.5 Å². The van der Waals surface area contributed by atoms with Crippen LogP contribution < -0.4 is 20.5 Å². The molecule has 6 nitrogen and oxygen atoms in total. The number of halogens is 5. The maximum Gasteiger partial charge on any atom is 0.573 e. The Morgan fingerprint density at radius 1 is 1.00 bits per heavy atom. The number of ether oxygens (including phenoxy) is 2. The third-order valence-corrected chi connectivity index (χ3v) is 3.88. The molecule has 0 aliphatic rings. The average molecular weight is 439 g/mol. The lowest BCUT2D eigenvalue weighted by atomic mass is 10.2. The second-order valence-corrected chi connectivity index (χ2v) is 6.14. The van der Waals surface area contributed by atoms with Gasteiger partial charge in [-0.05, 0) is 42.0 Å². The van der Waals surface area contributed by atoms with Crippen LogP contribution in [-0.4, -0.2) is 17.3 Å². The highest BCUT2D eigenvalue weighted by molar-refractivity contribution is 5.98. The van der Waals surface area contributed by atoms with Gasteiger partial charge in [0.05, 0.1) is 5.56 Å². The fourth-order valence-electron chi connectivity index (χ4n) is 2.48. The van der Waals surface area contributed by atoms with E-state index in [0.29, 0.717) is 5.56 Å². The van der Waals surface area contributed by atoms with Gasteiger partial charge in [-0.15, -0.1) is 13.2 Å². The summed E-state index contributed by atoms with van der Waals surface area (Å²) in [5.41, 5.74) is 6.20. The smallest absolute Gasteiger partial charge is 0.457 e. The Morgan fingerprint density at radius 2 is 1.68 bits per heavy atom. The maximum atomic E-state index is 13.5. The van der Waals surface area contributed by atoms with Gasteiger partial charge in [0.25, 0.3) is 5.91 Å². The minimum atomic E-state index is -5.04. The Morgan fingerprint density at radius 3 is 2.32 bits per heavy atom. The van der Waals surface area contributed by atoms with Gasteiger partial charge in [-0.1, -0.05) is 12.1 Å². The predicted molar refractivity (Wildman–Crippen MR) is 99.4 cm³/mol. The number of hydrogen-bond acceptors (Lipinski definition) is 5. The van der Waals surface area contributed by atoms with Gasteiger partial charge in [0.15, 0.2) is 11.6 Å². The average Bonchev–Trinajstić information content (AvgIpc) is 2.69. The van der Waals surface area contributed by atoms with E-state index in [1.54, 1.807) is 12.1 Å². The topological polar surface area (TPSA) is 86.5 Å². The molecule has 2 aromatic carbocycles. The first kappa shape index (κ1) is 21.8. The zero-order valence-corrected chi connectivity index (χ0v) is 15.5. The third kappa shape index (κ3) is 6.04. The summed E-state index contributed by atoms with van der Waals surface area (Å²) < 4.78 is 72.4. The minimum absolute atomic E-state index is 0.0227. The number of aromatic nitrogens is 1. The number of carbonyl (C=O) groups is 1. The van der Waals surface area contributed by atoms with E-state index >= 15 is 0 Å². The van der Waals surface area contributed by atoms with Gasteiger partial charge in [0, 0.05) is 12.6 Å². The molecule has 0 aliphatic heterocycles. The Bertz CT molecular complexity index is 1090. The molecule has 1 amide bonds. The highest BCUT2D eigenvalue weighted by Crippen LogP contribution is 2.31. The van der Waals surface area contributed by atoms with Crippen LogP contribution in [0.2, 0.25) is 0 Å². The summed E-state index contributed by atoms with van der Waals surface area (Å²) in [6, 6.07) is 11.1. The highest BCUT2D eigenvalue weighted by atomic mass is 19.4. The van der Waals surface area contributed by atoms with Crippen molar-refractivity contribution < 1.29 is 36.2 Å². The number of pyridine rings is 1. The molecule has 3 rings (SSSR count). The number of benzene rings is 2. The first-order valence-corrected chi connectivity index (χ1v) is 8.63. The number of alkyl halides is 3. The van der Waals surface area contributed by atoms with E-state index in [9.17, 15) is 26.7 Å². The Labute approximate surface area is 172 Å². The van der Waals surface area contributed by atoms with Gasteiger partial charge >= 0.3 is 6.36 Å². The summed E-state index contributed by atoms with van der Waals surface area (Å²) >= 11 is 0. The minimum Gasteiger partial charge on any atom is -0.457 e. The van der Waals surface area contributed by atoms with Crippen LogP contribution in [0.5, 0.6) is 17.2 Å². The Balaban J connectivity index is 1.61. The summed E-state index contributed by atoms with van der Waals surface area (Å²) in [6.07, 6.45) is -5.04. The molecule has 0 saturated carbocycles. The van der Waals surface area contributed by atoms with E-state index < -0.39 is 29.8 Å². The van der Waals surface area contributed by atoms with Gasteiger partial charge in [0.2, 0.25) is 5.95 Å². The van der Waals surface area contributed by atoms with Crippen LogP contribution in [-0.2, 0) is 6.54 Å². The number of nitrogens with two attached hydrogens (primary N) is 1. The lowest BCUT2D eigenvalue weighted by Gasteiger charge is -2.12. The van der Waals surface area contributed by atoms with Crippen LogP contribution in [0.4, 0.5) is 27.8 Å². The predicted octanol–water partition coefficient (Wildman–Crippen LogP) is 4.56. The summed E-state index contributed by atoms with van der Waals surface area (Å²) in [6.45, 7) is 0.107. The molecule has 3 aromatic rings. The number of carbonyl (C=O) groups excluding carboxylic acids is 1. The van der Waals surface area contributed by atoms with Gasteiger partial charge < -0.3 is 20.5 Å². The molecule has 162 valence electrons. The molecule has 31 heavy (non-hydrogen) atoms. The molecule has 1 heterocycles. The number of anilines is 1. The highest BCUT2D eigenvalue weighted by Gasteiger charge is 2.32. The van der Waals surface area contributed by atoms with Crippen LogP contribution in [0.15, 0.2) is 54.6 Å². The second kappa shape index (κ2) is 8.86. The second-order valence-electron chi connectivity index (χ2n) is 6.14. The molecule has 3 N–H and O–H groups in total. The van der Waals surface area contributed by atoms with Crippen LogP contribution in [0.3, 0.4) is 0 Å². The van der Waals surface area contributed by atoms with E-state index in [1.807, 2.05) is 0 Å². The van der Waals surface area contributed by atoms with Crippen molar-refractivity contribution in [3.8, 4) is 17.2 Å². The number of nitrogen functional groups attached to an aromatic ring is 1. The monoisotopic (exact) mass is 439 g/mol. The molecule has 1 aromatic heterocycles. The summed E-state index contributed by atoms with van der Waals surface area (Å²) in [5, 5.41) is 2.59. The Hall–Kier alpha value is -3.89. The van der Waals surface area contributed by atoms with Crippen LogP contribution in [0.1, 0.15) is 15.9 Å². The van der Waals surface area contributed by atoms with Gasteiger partial charge in [-0.3, -0.25) is 4.79 Å². The van der Waals surface area contributed by atoms with Gasteiger partial charge in [0.1, 0.15) is 17.3 Å². The summed E-state index contributed by atoms with van der Waals surface area (Å²) in [4.78, 5) is 15.5. The SMILES string of the molecule is Nc1nc(F)ccc1C(=O)NCc1ccc(Oc2ccc(F)c(OC(F)(F)F)c2)cc1. The lowest BCUT2D eigenvalue weighted by Crippen LogP contribution is -2.24. The van der Waals surface area contributed by atoms with Crippen molar-refractivity contribution in [1.82, 2.24) is 10.3 Å². The van der Waals surface area contributed by atoms with E-state index in [0.717, 1.165) is 24.3 Å². The van der Waals surface area contributed by atoms with Crippen LogP contribution in [0.25, 0.3) is 0 Å².